The molecule has 1 aliphatic heterocycles. The van der Waals surface area contributed by atoms with Crippen molar-refractivity contribution in [2.45, 2.75) is 25.7 Å². The molecule has 144 valence electrons. The van der Waals surface area contributed by atoms with Gasteiger partial charge in [-0.05, 0) is 31.4 Å². The third-order valence-corrected chi connectivity index (χ3v) is 5.53. The Labute approximate surface area is 167 Å². The highest BCUT2D eigenvalue weighted by molar-refractivity contribution is 6.30. The monoisotopic (exact) mass is 396 g/mol. The van der Waals surface area contributed by atoms with Crippen LogP contribution >= 0.6 is 11.6 Å². The average Bonchev–Trinajstić information content (AvgIpc) is 3.20. The van der Waals surface area contributed by atoms with Gasteiger partial charge in [-0.25, -0.2) is 0 Å². The Bertz CT molecular complexity index is 1050. The van der Waals surface area contributed by atoms with E-state index in [0.29, 0.717) is 18.7 Å². The summed E-state index contributed by atoms with van der Waals surface area (Å²) in [4.78, 5) is 28.7. The molecule has 2 N–H and O–H groups in total. The third-order valence-electron chi connectivity index (χ3n) is 5.25. The molecule has 0 bridgehead atoms. The zero-order valence-electron chi connectivity index (χ0n) is 15.5. The number of hydrogen-bond donors (Lipinski definition) is 2. The van der Waals surface area contributed by atoms with Gasteiger partial charge in [-0.3, -0.25) is 14.7 Å². The minimum Gasteiger partial charge on any atom is -0.338 e. The number of aromatic nitrogens is 3. The maximum absolute atomic E-state index is 12.9. The first-order valence-electron chi connectivity index (χ1n) is 9.31. The number of halogens is 1. The standard InChI is InChI=1S/C21H21ClN4O2/c1-13-4-6-14(7-5-13)17-11-24-25-19(17)15-3-2-8-26(12-15)21(28)16-9-18(22)20(27)23-10-16/h4-7,9-11,15H,2-3,8,12H2,1H3,(H,23,27)(H,24,25). The van der Waals surface area contributed by atoms with Crippen molar-refractivity contribution < 1.29 is 4.79 Å². The summed E-state index contributed by atoms with van der Waals surface area (Å²) < 4.78 is 0. The minimum atomic E-state index is -0.394. The molecule has 1 aliphatic rings. The molecule has 1 amide bonds. The van der Waals surface area contributed by atoms with Gasteiger partial charge in [0.2, 0.25) is 0 Å². The van der Waals surface area contributed by atoms with Crippen molar-refractivity contribution >= 4 is 17.5 Å². The number of pyridine rings is 1. The van der Waals surface area contributed by atoms with Crippen molar-refractivity contribution in [1.82, 2.24) is 20.1 Å². The van der Waals surface area contributed by atoms with Crippen LogP contribution in [0.5, 0.6) is 0 Å². The Balaban J connectivity index is 1.57. The zero-order chi connectivity index (χ0) is 19.7. The molecule has 3 heterocycles. The van der Waals surface area contributed by atoms with Crippen LogP contribution in [-0.2, 0) is 0 Å². The van der Waals surface area contributed by atoms with Crippen molar-refractivity contribution in [2.75, 3.05) is 13.1 Å². The Kier molecular flexibility index (Phi) is 5.05. The highest BCUT2D eigenvalue weighted by atomic mass is 35.5. The van der Waals surface area contributed by atoms with Gasteiger partial charge in [-0.2, -0.15) is 5.10 Å². The van der Waals surface area contributed by atoms with Gasteiger partial charge in [0.25, 0.3) is 11.5 Å². The van der Waals surface area contributed by atoms with Gasteiger partial charge in [0.15, 0.2) is 0 Å². The summed E-state index contributed by atoms with van der Waals surface area (Å²) in [6.45, 7) is 3.34. The van der Waals surface area contributed by atoms with Crippen molar-refractivity contribution in [3.05, 3.63) is 74.9 Å². The van der Waals surface area contributed by atoms with Crippen molar-refractivity contribution in [3.8, 4) is 11.1 Å². The molecule has 4 rings (SSSR count). The second-order valence-electron chi connectivity index (χ2n) is 7.22. The molecule has 3 aromatic rings. The van der Waals surface area contributed by atoms with Gasteiger partial charge in [0.05, 0.1) is 11.8 Å². The second kappa shape index (κ2) is 7.64. The molecule has 28 heavy (non-hydrogen) atoms. The number of aromatic amines is 2. The number of H-pyrrole nitrogens is 2. The Morgan fingerprint density at radius 2 is 2.07 bits per heavy atom. The number of hydrogen-bond acceptors (Lipinski definition) is 3. The van der Waals surface area contributed by atoms with Crippen LogP contribution in [0.4, 0.5) is 0 Å². The third kappa shape index (κ3) is 3.60. The number of rotatable bonds is 3. The van der Waals surface area contributed by atoms with Crippen molar-refractivity contribution in [3.63, 3.8) is 0 Å². The molecular weight excluding hydrogens is 376 g/mol. The lowest BCUT2D eigenvalue weighted by atomic mass is 9.90. The lowest BCUT2D eigenvalue weighted by molar-refractivity contribution is 0.0705. The summed E-state index contributed by atoms with van der Waals surface area (Å²) in [5.41, 5.74) is 4.46. The Morgan fingerprint density at radius 1 is 1.29 bits per heavy atom. The number of carbonyl (C=O) groups is 1. The highest BCUT2D eigenvalue weighted by Crippen LogP contribution is 2.33. The number of aryl methyl sites for hydroxylation is 1. The molecule has 1 saturated heterocycles. The van der Waals surface area contributed by atoms with Gasteiger partial charge >= 0.3 is 0 Å². The van der Waals surface area contributed by atoms with E-state index >= 15 is 0 Å². The van der Waals surface area contributed by atoms with Crippen LogP contribution in [-0.4, -0.2) is 39.1 Å². The molecule has 0 saturated carbocycles. The summed E-state index contributed by atoms with van der Waals surface area (Å²) in [6, 6.07) is 9.79. The fourth-order valence-electron chi connectivity index (χ4n) is 3.73. The number of nitrogens with zero attached hydrogens (tertiary/aromatic N) is 2. The molecule has 1 aromatic carbocycles. The molecule has 1 unspecified atom stereocenters. The van der Waals surface area contributed by atoms with Crippen LogP contribution < -0.4 is 5.56 Å². The molecule has 7 heteroatoms. The second-order valence-corrected chi connectivity index (χ2v) is 7.63. The van der Waals surface area contributed by atoms with Crippen LogP contribution in [0.15, 0.2) is 47.5 Å². The smallest absolute Gasteiger partial charge is 0.266 e. The van der Waals surface area contributed by atoms with Gasteiger partial charge in [-0.1, -0.05) is 41.4 Å². The Morgan fingerprint density at radius 3 is 2.82 bits per heavy atom. The molecule has 0 radical (unpaired) electrons. The topological polar surface area (TPSA) is 81.8 Å². The van der Waals surface area contributed by atoms with Crippen molar-refractivity contribution in [2.24, 2.45) is 0 Å². The average molecular weight is 397 g/mol. The summed E-state index contributed by atoms with van der Waals surface area (Å²) >= 11 is 5.88. The van der Waals surface area contributed by atoms with E-state index in [1.54, 1.807) is 0 Å². The molecule has 1 fully saturated rings. The number of amides is 1. The maximum Gasteiger partial charge on any atom is 0.266 e. The van der Waals surface area contributed by atoms with E-state index < -0.39 is 5.56 Å². The first kappa shape index (κ1) is 18.5. The summed E-state index contributed by atoms with van der Waals surface area (Å²) in [5.74, 6) is 0.0500. The van der Waals surface area contributed by atoms with Crippen LogP contribution in [0.25, 0.3) is 11.1 Å². The summed E-state index contributed by atoms with van der Waals surface area (Å²) in [7, 11) is 0. The lowest BCUT2D eigenvalue weighted by Crippen LogP contribution is -2.39. The Hall–Kier alpha value is -2.86. The molecular formula is C21H21ClN4O2. The summed E-state index contributed by atoms with van der Waals surface area (Å²) in [5, 5.41) is 7.43. The van der Waals surface area contributed by atoms with Gasteiger partial charge in [0.1, 0.15) is 5.02 Å². The number of carbonyl (C=O) groups excluding carboxylic acids is 1. The van der Waals surface area contributed by atoms with E-state index in [1.807, 2.05) is 11.1 Å². The number of piperidine rings is 1. The minimum absolute atomic E-state index is 0.0228. The van der Waals surface area contributed by atoms with Crippen molar-refractivity contribution in [1.29, 1.82) is 0 Å². The van der Waals surface area contributed by atoms with E-state index in [0.717, 1.165) is 29.7 Å². The first-order chi connectivity index (χ1) is 13.5. The van der Waals surface area contributed by atoms with Crippen LogP contribution in [0.3, 0.4) is 0 Å². The normalized spacial score (nSPS) is 16.9. The van der Waals surface area contributed by atoms with E-state index in [4.69, 9.17) is 11.6 Å². The van der Waals surface area contributed by atoms with Gasteiger partial charge in [-0.15, -0.1) is 0 Å². The first-order valence-corrected chi connectivity index (χ1v) is 9.68. The quantitative estimate of drug-likeness (QED) is 0.707. The number of nitrogens with one attached hydrogen (secondary N) is 2. The largest absolute Gasteiger partial charge is 0.338 e. The molecule has 0 aliphatic carbocycles. The zero-order valence-corrected chi connectivity index (χ0v) is 16.3. The van der Waals surface area contributed by atoms with Gasteiger partial charge in [0, 0.05) is 36.5 Å². The molecule has 1 atom stereocenters. The summed E-state index contributed by atoms with van der Waals surface area (Å²) in [6.07, 6.45) is 5.16. The van der Waals surface area contributed by atoms with Crippen LogP contribution in [0.1, 0.15) is 40.4 Å². The predicted molar refractivity (Wildman–Crippen MR) is 109 cm³/mol. The van der Waals surface area contributed by atoms with E-state index in [-0.39, 0.29) is 16.8 Å². The van der Waals surface area contributed by atoms with E-state index in [9.17, 15) is 9.59 Å². The highest BCUT2D eigenvalue weighted by Gasteiger charge is 2.28. The predicted octanol–water partition coefficient (Wildman–Crippen LogP) is 3.75. The number of benzene rings is 1. The molecule has 6 nitrogen and oxygen atoms in total. The van der Waals surface area contributed by atoms with E-state index in [1.165, 1.54) is 17.8 Å². The lowest BCUT2D eigenvalue weighted by Gasteiger charge is -2.32. The molecule has 2 aromatic heterocycles. The SMILES string of the molecule is Cc1ccc(-c2cn[nH]c2C2CCCN(C(=O)c3c[nH]c(=O)c(Cl)c3)C2)cc1. The van der Waals surface area contributed by atoms with Gasteiger partial charge < -0.3 is 9.88 Å². The molecule has 0 spiro atoms. The fraction of sp³-hybridized carbons (Fsp3) is 0.286. The van der Waals surface area contributed by atoms with Crippen LogP contribution in [0.2, 0.25) is 5.02 Å². The maximum atomic E-state index is 12.9. The van der Waals surface area contributed by atoms with Crippen LogP contribution in [0, 0.1) is 6.92 Å². The fourth-order valence-corrected chi connectivity index (χ4v) is 3.90. The number of likely N-dealkylation sites (tertiary alicyclic amines) is 1. The van der Waals surface area contributed by atoms with E-state index in [2.05, 4.69) is 46.4 Å².